The molecule has 0 aliphatic heterocycles. The zero-order chi connectivity index (χ0) is 22.5. The van der Waals surface area contributed by atoms with Gasteiger partial charge in [-0.15, -0.1) is 0 Å². The van der Waals surface area contributed by atoms with E-state index in [0.29, 0.717) is 23.0 Å². The summed E-state index contributed by atoms with van der Waals surface area (Å²) in [5.41, 5.74) is 4.86. The predicted octanol–water partition coefficient (Wildman–Crippen LogP) is 6.04. The molecule has 0 aliphatic rings. The Morgan fingerprint density at radius 2 is 1.59 bits per heavy atom. The van der Waals surface area contributed by atoms with Crippen molar-refractivity contribution in [2.24, 2.45) is 0 Å². The summed E-state index contributed by atoms with van der Waals surface area (Å²) in [5, 5.41) is 3.04. The minimum atomic E-state index is -0.161. The van der Waals surface area contributed by atoms with E-state index in [1.807, 2.05) is 69.3 Å². The Hall–Kier alpha value is -3.99. The molecule has 0 bridgehead atoms. The van der Waals surface area contributed by atoms with Crippen molar-refractivity contribution >= 4 is 5.91 Å². The second-order valence-electron chi connectivity index (χ2n) is 7.82. The lowest BCUT2D eigenvalue weighted by Gasteiger charge is -2.15. The molecule has 1 heterocycles. The molecule has 0 aliphatic carbocycles. The molecule has 4 aromatic rings. The van der Waals surface area contributed by atoms with Crippen LogP contribution >= 0.6 is 0 Å². The summed E-state index contributed by atoms with van der Waals surface area (Å²) in [6.07, 6.45) is 1.66. The van der Waals surface area contributed by atoms with E-state index in [1.165, 1.54) is 11.1 Å². The van der Waals surface area contributed by atoms with Crippen LogP contribution in [0.5, 0.6) is 11.6 Å². The lowest BCUT2D eigenvalue weighted by atomic mass is 10.1. The van der Waals surface area contributed by atoms with Crippen LogP contribution in [0.25, 0.3) is 11.4 Å². The number of hydrogen-bond donors (Lipinski definition) is 1. The van der Waals surface area contributed by atoms with Crippen molar-refractivity contribution in [2.45, 2.75) is 26.8 Å². The summed E-state index contributed by atoms with van der Waals surface area (Å²) in [4.78, 5) is 21.6. The van der Waals surface area contributed by atoms with Gasteiger partial charge in [-0.3, -0.25) is 4.79 Å². The zero-order valence-electron chi connectivity index (χ0n) is 18.4. The molecule has 1 amide bonds. The van der Waals surface area contributed by atoms with Crippen LogP contribution in [-0.4, -0.2) is 15.9 Å². The fourth-order valence-electron chi connectivity index (χ4n) is 3.28. The van der Waals surface area contributed by atoms with Crippen molar-refractivity contribution < 1.29 is 9.53 Å². The van der Waals surface area contributed by atoms with Crippen molar-refractivity contribution in [3.05, 3.63) is 107 Å². The van der Waals surface area contributed by atoms with Gasteiger partial charge in [-0.1, -0.05) is 65.7 Å². The first-order valence-corrected chi connectivity index (χ1v) is 10.5. The number of rotatable bonds is 6. The van der Waals surface area contributed by atoms with Crippen LogP contribution in [0.1, 0.15) is 40.0 Å². The largest absolute Gasteiger partial charge is 0.439 e. The monoisotopic (exact) mass is 423 g/mol. The number of amides is 1. The highest BCUT2D eigenvalue weighted by molar-refractivity contribution is 5.94. The van der Waals surface area contributed by atoms with E-state index in [9.17, 15) is 4.79 Å². The fourth-order valence-corrected chi connectivity index (χ4v) is 3.28. The van der Waals surface area contributed by atoms with Gasteiger partial charge in [0.1, 0.15) is 5.75 Å². The number of carbonyl (C=O) groups is 1. The topological polar surface area (TPSA) is 64.1 Å². The summed E-state index contributed by atoms with van der Waals surface area (Å²) < 4.78 is 5.93. The maximum absolute atomic E-state index is 12.8. The molecule has 5 nitrogen and oxygen atoms in total. The third kappa shape index (κ3) is 5.19. The molecule has 0 spiro atoms. The average Bonchev–Trinajstić information content (AvgIpc) is 2.80. The van der Waals surface area contributed by atoms with E-state index in [2.05, 4.69) is 15.3 Å². The van der Waals surface area contributed by atoms with Gasteiger partial charge < -0.3 is 10.1 Å². The second kappa shape index (κ2) is 9.43. The van der Waals surface area contributed by atoms with Crippen molar-refractivity contribution in [2.75, 3.05) is 0 Å². The van der Waals surface area contributed by atoms with Gasteiger partial charge in [-0.05, 0) is 44.5 Å². The van der Waals surface area contributed by atoms with Crippen LogP contribution in [0.3, 0.4) is 0 Å². The van der Waals surface area contributed by atoms with E-state index in [1.54, 1.807) is 36.5 Å². The summed E-state index contributed by atoms with van der Waals surface area (Å²) in [5.74, 6) is 1.38. The van der Waals surface area contributed by atoms with Gasteiger partial charge in [0.2, 0.25) is 5.88 Å². The molecule has 1 aromatic heterocycles. The molecule has 0 radical (unpaired) electrons. The Morgan fingerprint density at radius 3 is 2.31 bits per heavy atom. The number of nitrogens with zero attached hydrogens (tertiary/aromatic N) is 2. The molecular formula is C27H25N3O2. The van der Waals surface area contributed by atoms with Crippen molar-refractivity contribution in [1.82, 2.24) is 15.3 Å². The molecule has 32 heavy (non-hydrogen) atoms. The first-order chi connectivity index (χ1) is 15.5. The van der Waals surface area contributed by atoms with Crippen LogP contribution in [0.4, 0.5) is 0 Å². The van der Waals surface area contributed by atoms with Crippen molar-refractivity contribution in [3.63, 3.8) is 0 Å². The Balaban J connectivity index is 1.47. The molecular weight excluding hydrogens is 398 g/mol. The standard InChI is InChI=1S/C27H25N3O2/c1-18-7-11-21(12-8-18)20(3)29-27(31)23-5-4-6-24(17-23)32-25-15-16-28-26(30-25)22-13-9-19(2)10-14-22/h4-17,20H,1-3H3,(H,29,31)/t20-/m0/s1. The first-order valence-electron chi connectivity index (χ1n) is 10.5. The number of nitrogens with one attached hydrogen (secondary N) is 1. The van der Waals surface area contributed by atoms with Crippen molar-refractivity contribution in [1.29, 1.82) is 0 Å². The number of carbonyl (C=O) groups excluding carboxylic acids is 1. The Morgan fingerprint density at radius 1 is 0.906 bits per heavy atom. The minimum absolute atomic E-state index is 0.105. The highest BCUT2D eigenvalue weighted by atomic mass is 16.5. The number of benzene rings is 3. The third-order valence-electron chi connectivity index (χ3n) is 5.18. The van der Waals surface area contributed by atoms with Crippen molar-refractivity contribution in [3.8, 4) is 23.0 Å². The molecule has 0 fully saturated rings. The van der Waals surface area contributed by atoms with E-state index < -0.39 is 0 Å². The van der Waals surface area contributed by atoms with E-state index >= 15 is 0 Å². The van der Waals surface area contributed by atoms with Gasteiger partial charge in [-0.25, -0.2) is 4.98 Å². The summed E-state index contributed by atoms with van der Waals surface area (Å²) >= 11 is 0. The third-order valence-corrected chi connectivity index (χ3v) is 5.18. The van der Waals surface area contributed by atoms with Gasteiger partial charge in [0.15, 0.2) is 5.82 Å². The Labute approximate surface area is 188 Å². The highest BCUT2D eigenvalue weighted by Crippen LogP contribution is 2.24. The molecule has 0 saturated carbocycles. The molecule has 3 aromatic carbocycles. The molecule has 5 heteroatoms. The number of aromatic nitrogens is 2. The Bertz CT molecular complexity index is 1220. The normalized spacial score (nSPS) is 11.6. The SMILES string of the molecule is Cc1ccc(-c2nccc(Oc3cccc(C(=O)N[C@@H](C)c4ccc(C)cc4)c3)n2)cc1. The highest BCUT2D eigenvalue weighted by Gasteiger charge is 2.13. The quantitative estimate of drug-likeness (QED) is 0.410. The van der Waals surface area contributed by atoms with Crippen LogP contribution < -0.4 is 10.1 Å². The lowest BCUT2D eigenvalue weighted by Crippen LogP contribution is -2.26. The summed E-state index contributed by atoms with van der Waals surface area (Å²) in [7, 11) is 0. The maximum Gasteiger partial charge on any atom is 0.251 e. The minimum Gasteiger partial charge on any atom is -0.439 e. The Kier molecular flexibility index (Phi) is 6.26. The van der Waals surface area contributed by atoms with E-state index in [-0.39, 0.29) is 11.9 Å². The van der Waals surface area contributed by atoms with Gasteiger partial charge in [0, 0.05) is 23.4 Å². The molecule has 0 saturated heterocycles. The first kappa shape index (κ1) is 21.2. The number of aryl methyl sites for hydroxylation is 2. The van der Waals surface area contributed by atoms with Crippen LogP contribution in [0.2, 0.25) is 0 Å². The van der Waals surface area contributed by atoms with Gasteiger partial charge in [-0.2, -0.15) is 4.98 Å². The molecule has 0 unspecified atom stereocenters. The summed E-state index contributed by atoms with van der Waals surface area (Å²) in [6.45, 7) is 6.05. The fraction of sp³-hybridized carbons (Fsp3) is 0.148. The van der Waals surface area contributed by atoms with E-state index in [0.717, 1.165) is 11.1 Å². The lowest BCUT2D eigenvalue weighted by molar-refractivity contribution is 0.0939. The molecule has 1 atom stereocenters. The zero-order valence-corrected chi connectivity index (χ0v) is 18.4. The number of hydrogen-bond acceptors (Lipinski definition) is 4. The van der Waals surface area contributed by atoms with Crippen LogP contribution in [0.15, 0.2) is 85.1 Å². The van der Waals surface area contributed by atoms with Crippen LogP contribution in [0, 0.1) is 13.8 Å². The van der Waals surface area contributed by atoms with Gasteiger partial charge in [0.25, 0.3) is 5.91 Å². The predicted molar refractivity (Wildman–Crippen MR) is 126 cm³/mol. The van der Waals surface area contributed by atoms with Gasteiger partial charge >= 0.3 is 0 Å². The molecule has 4 rings (SSSR count). The van der Waals surface area contributed by atoms with Gasteiger partial charge in [0.05, 0.1) is 6.04 Å². The molecule has 160 valence electrons. The van der Waals surface area contributed by atoms with Crippen LogP contribution in [-0.2, 0) is 0 Å². The van der Waals surface area contributed by atoms with E-state index in [4.69, 9.17) is 4.74 Å². The average molecular weight is 424 g/mol. The smallest absolute Gasteiger partial charge is 0.251 e. The number of ether oxygens (including phenoxy) is 1. The summed E-state index contributed by atoms with van der Waals surface area (Å²) in [6, 6.07) is 24.8. The maximum atomic E-state index is 12.8. The molecule has 1 N–H and O–H groups in total. The second-order valence-corrected chi connectivity index (χ2v) is 7.82.